The largest absolute Gasteiger partial charge is 0.508 e. The standard InChI is InChI=1S/C10H13FO2/c1-7(12)10(11)6-8-3-2-4-9(13)5-8/h2-5,7,10,12-13H,6H2,1H3. The van der Waals surface area contributed by atoms with E-state index in [9.17, 15) is 4.39 Å². The van der Waals surface area contributed by atoms with Gasteiger partial charge in [-0.05, 0) is 24.6 Å². The first kappa shape index (κ1) is 9.99. The van der Waals surface area contributed by atoms with Crippen molar-refractivity contribution in [2.45, 2.75) is 25.6 Å². The SMILES string of the molecule is CC(O)C(F)Cc1cccc(O)c1. The summed E-state index contributed by atoms with van der Waals surface area (Å²) in [5.74, 6) is 0.121. The minimum Gasteiger partial charge on any atom is -0.508 e. The molecule has 0 spiro atoms. The van der Waals surface area contributed by atoms with Crippen molar-refractivity contribution in [1.29, 1.82) is 0 Å². The van der Waals surface area contributed by atoms with E-state index in [0.717, 1.165) is 0 Å². The number of aliphatic hydroxyl groups excluding tert-OH is 1. The Hall–Kier alpha value is -1.09. The van der Waals surface area contributed by atoms with E-state index in [1.807, 2.05) is 0 Å². The molecule has 2 N–H and O–H groups in total. The minimum absolute atomic E-state index is 0.121. The van der Waals surface area contributed by atoms with Crippen molar-refractivity contribution in [1.82, 2.24) is 0 Å². The Balaban J connectivity index is 2.64. The van der Waals surface area contributed by atoms with Gasteiger partial charge in [0.2, 0.25) is 0 Å². The zero-order chi connectivity index (χ0) is 9.84. The molecule has 3 heteroatoms. The predicted octanol–water partition coefficient (Wildman–Crippen LogP) is 1.65. The van der Waals surface area contributed by atoms with Crippen molar-refractivity contribution in [2.75, 3.05) is 0 Å². The molecule has 1 aromatic rings. The van der Waals surface area contributed by atoms with Crippen LogP contribution in [0.4, 0.5) is 4.39 Å². The summed E-state index contributed by atoms with van der Waals surface area (Å²) in [5, 5.41) is 18.0. The molecule has 0 heterocycles. The third kappa shape index (κ3) is 3.03. The molecule has 2 atom stereocenters. The van der Waals surface area contributed by atoms with Gasteiger partial charge < -0.3 is 10.2 Å². The van der Waals surface area contributed by atoms with Gasteiger partial charge in [-0.2, -0.15) is 0 Å². The maximum atomic E-state index is 13.0. The Morgan fingerprint density at radius 1 is 1.46 bits per heavy atom. The molecule has 0 bridgehead atoms. The molecule has 2 unspecified atom stereocenters. The smallest absolute Gasteiger partial charge is 0.130 e. The molecule has 72 valence electrons. The van der Waals surface area contributed by atoms with E-state index in [2.05, 4.69) is 0 Å². The second-order valence-electron chi connectivity index (χ2n) is 3.13. The van der Waals surface area contributed by atoms with E-state index in [4.69, 9.17) is 10.2 Å². The minimum atomic E-state index is -1.28. The summed E-state index contributed by atoms with van der Waals surface area (Å²) in [6.07, 6.45) is -2.12. The number of benzene rings is 1. The van der Waals surface area contributed by atoms with Gasteiger partial charge in [-0.1, -0.05) is 12.1 Å². The number of hydrogen-bond acceptors (Lipinski definition) is 2. The zero-order valence-electron chi connectivity index (χ0n) is 7.44. The number of halogens is 1. The fourth-order valence-electron chi connectivity index (χ4n) is 1.08. The average Bonchev–Trinajstić information content (AvgIpc) is 2.04. The molecule has 0 aliphatic heterocycles. The van der Waals surface area contributed by atoms with Crippen LogP contribution in [0.1, 0.15) is 12.5 Å². The molecular formula is C10H13FO2. The van der Waals surface area contributed by atoms with Gasteiger partial charge >= 0.3 is 0 Å². The maximum Gasteiger partial charge on any atom is 0.130 e. The first-order valence-electron chi connectivity index (χ1n) is 4.19. The van der Waals surface area contributed by atoms with Gasteiger partial charge in [0.05, 0.1) is 6.10 Å². The van der Waals surface area contributed by atoms with Gasteiger partial charge in [-0.25, -0.2) is 4.39 Å². The molecule has 0 amide bonds. The highest BCUT2D eigenvalue weighted by Gasteiger charge is 2.13. The highest BCUT2D eigenvalue weighted by Crippen LogP contribution is 2.14. The van der Waals surface area contributed by atoms with Crippen molar-refractivity contribution >= 4 is 0 Å². The van der Waals surface area contributed by atoms with Gasteiger partial charge in [-0.15, -0.1) is 0 Å². The van der Waals surface area contributed by atoms with Crippen LogP contribution in [0.15, 0.2) is 24.3 Å². The molecule has 0 saturated carbocycles. The van der Waals surface area contributed by atoms with Crippen LogP contribution in [0.3, 0.4) is 0 Å². The van der Waals surface area contributed by atoms with E-state index in [0.29, 0.717) is 5.56 Å². The van der Waals surface area contributed by atoms with Crippen molar-refractivity contribution < 1.29 is 14.6 Å². The van der Waals surface area contributed by atoms with Gasteiger partial charge in [-0.3, -0.25) is 0 Å². The van der Waals surface area contributed by atoms with Crippen LogP contribution in [0.2, 0.25) is 0 Å². The molecule has 2 nitrogen and oxygen atoms in total. The lowest BCUT2D eigenvalue weighted by Gasteiger charge is -2.10. The Morgan fingerprint density at radius 3 is 2.69 bits per heavy atom. The van der Waals surface area contributed by atoms with Crippen molar-refractivity contribution in [3.05, 3.63) is 29.8 Å². The third-order valence-electron chi connectivity index (χ3n) is 1.86. The number of alkyl halides is 1. The number of phenols is 1. The normalized spacial score (nSPS) is 15.3. The summed E-state index contributed by atoms with van der Waals surface area (Å²) >= 11 is 0. The summed E-state index contributed by atoms with van der Waals surface area (Å²) in [6.45, 7) is 1.41. The summed E-state index contributed by atoms with van der Waals surface area (Å²) < 4.78 is 13.0. The van der Waals surface area contributed by atoms with Crippen LogP contribution >= 0.6 is 0 Å². The quantitative estimate of drug-likeness (QED) is 0.749. The third-order valence-corrected chi connectivity index (χ3v) is 1.86. The molecule has 13 heavy (non-hydrogen) atoms. The van der Waals surface area contributed by atoms with E-state index in [-0.39, 0.29) is 12.2 Å². The van der Waals surface area contributed by atoms with Crippen LogP contribution in [-0.2, 0) is 6.42 Å². The maximum absolute atomic E-state index is 13.0. The molecule has 0 radical (unpaired) electrons. The number of aromatic hydroxyl groups is 1. The van der Waals surface area contributed by atoms with Crippen molar-refractivity contribution in [2.24, 2.45) is 0 Å². The Kier molecular flexibility index (Phi) is 3.25. The molecular weight excluding hydrogens is 171 g/mol. The first-order valence-corrected chi connectivity index (χ1v) is 4.19. The lowest BCUT2D eigenvalue weighted by atomic mass is 10.1. The molecule has 0 aromatic heterocycles. The highest BCUT2D eigenvalue weighted by atomic mass is 19.1. The molecule has 0 fully saturated rings. The van der Waals surface area contributed by atoms with Gasteiger partial charge in [0.25, 0.3) is 0 Å². The highest BCUT2D eigenvalue weighted by molar-refractivity contribution is 5.27. The molecule has 0 saturated heterocycles. The van der Waals surface area contributed by atoms with Crippen LogP contribution in [0.25, 0.3) is 0 Å². The van der Waals surface area contributed by atoms with Crippen molar-refractivity contribution in [3.8, 4) is 5.75 Å². The van der Waals surface area contributed by atoms with Crippen LogP contribution in [0.5, 0.6) is 5.75 Å². The second-order valence-corrected chi connectivity index (χ2v) is 3.13. The summed E-state index contributed by atoms with van der Waals surface area (Å²) in [6, 6.07) is 6.39. The van der Waals surface area contributed by atoms with E-state index in [1.165, 1.54) is 19.1 Å². The van der Waals surface area contributed by atoms with Gasteiger partial charge in [0.1, 0.15) is 11.9 Å². The zero-order valence-corrected chi connectivity index (χ0v) is 7.44. The first-order chi connectivity index (χ1) is 6.09. The predicted molar refractivity (Wildman–Crippen MR) is 48.4 cm³/mol. The summed E-state index contributed by atoms with van der Waals surface area (Å²) in [5.41, 5.74) is 0.688. The lowest BCUT2D eigenvalue weighted by Crippen LogP contribution is -2.20. The van der Waals surface area contributed by atoms with Crippen LogP contribution in [-0.4, -0.2) is 22.5 Å². The molecule has 1 aromatic carbocycles. The van der Waals surface area contributed by atoms with E-state index < -0.39 is 12.3 Å². The Labute approximate surface area is 76.6 Å². The number of aliphatic hydroxyl groups is 1. The fraction of sp³-hybridized carbons (Fsp3) is 0.400. The lowest BCUT2D eigenvalue weighted by molar-refractivity contribution is 0.0932. The van der Waals surface area contributed by atoms with Gasteiger partial charge in [0, 0.05) is 6.42 Å². The second kappa shape index (κ2) is 4.23. The summed E-state index contributed by atoms with van der Waals surface area (Å²) in [4.78, 5) is 0. The average molecular weight is 184 g/mol. The fourth-order valence-corrected chi connectivity index (χ4v) is 1.08. The van der Waals surface area contributed by atoms with Crippen molar-refractivity contribution in [3.63, 3.8) is 0 Å². The van der Waals surface area contributed by atoms with Gasteiger partial charge in [0.15, 0.2) is 0 Å². The topological polar surface area (TPSA) is 40.5 Å². The number of rotatable bonds is 3. The monoisotopic (exact) mass is 184 g/mol. The van der Waals surface area contributed by atoms with E-state index >= 15 is 0 Å². The Morgan fingerprint density at radius 2 is 2.15 bits per heavy atom. The molecule has 1 rings (SSSR count). The Bertz CT molecular complexity index is 273. The summed E-state index contributed by atoms with van der Waals surface area (Å²) in [7, 11) is 0. The number of hydrogen-bond donors (Lipinski definition) is 2. The van der Waals surface area contributed by atoms with Crippen LogP contribution in [0, 0.1) is 0 Å². The van der Waals surface area contributed by atoms with Crippen LogP contribution < -0.4 is 0 Å². The molecule has 0 aliphatic carbocycles. The van der Waals surface area contributed by atoms with E-state index in [1.54, 1.807) is 12.1 Å². The molecule has 0 aliphatic rings. The number of phenolic OH excluding ortho intramolecular Hbond substituents is 1.